The van der Waals surface area contributed by atoms with E-state index in [2.05, 4.69) is 0 Å². The summed E-state index contributed by atoms with van der Waals surface area (Å²) in [5.74, 6) is 1.81. The van der Waals surface area contributed by atoms with Crippen molar-refractivity contribution in [2.24, 2.45) is 0 Å². The van der Waals surface area contributed by atoms with Gasteiger partial charge in [0.15, 0.2) is 11.5 Å². The Hall–Kier alpha value is -1.46. The summed E-state index contributed by atoms with van der Waals surface area (Å²) in [6, 6.07) is 3.75. The number of ether oxygens (including phenoxy) is 3. The van der Waals surface area contributed by atoms with E-state index in [1.54, 1.807) is 33.2 Å². The standard InChI is InChI=1S/C13H21NO4/c1-9(15)14(2)8-10-6-11(16-3)13(18-5)12(7-10)17-4/h6-7,9,15H,8H2,1-5H3. The molecule has 0 radical (unpaired) electrons. The van der Waals surface area contributed by atoms with E-state index in [1.165, 1.54) is 0 Å². The summed E-state index contributed by atoms with van der Waals surface area (Å²) in [4.78, 5) is 1.81. The Kier molecular flexibility index (Phi) is 5.25. The molecular weight excluding hydrogens is 234 g/mol. The molecule has 1 aromatic rings. The van der Waals surface area contributed by atoms with Crippen LogP contribution in [0.15, 0.2) is 12.1 Å². The third-order valence-electron chi connectivity index (χ3n) is 2.79. The molecule has 0 saturated carbocycles. The van der Waals surface area contributed by atoms with Crippen molar-refractivity contribution in [3.63, 3.8) is 0 Å². The number of methoxy groups -OCH3 is 3. The average molecular weight is 255 g/mol. The zero-order valence-corrected chi connectivity index (χ0v) is 11.6. The molecule has 5 heteroatoms. The summed E-state index contributed by atoms with van der Waals surface area (Å²) in [7, 11) is 6.58. The monoisotopic (exact) mass is 255 g/mol. The number of aliphatic hydroxyl groups excluding tert-OH is 1. The zero-order valence-electron chi connectivity index (χ0n) is 11.6. The number of rotatable bonds is 6. The van der Waals surface area contributed by atoms with E-state index >= 15 is 0 Å². The fourth-order valence-corrected chi connectivity index (χ4v) is 1.65. The average Bonchev–Trinajstić information content (AvgIpc) is 2.37. The predicted molar refractivity (Wildman–Crippen MR) is 69.2 cm³/mol. The van der Waals surface area contributed by atoms with Gasteiger partial charge < -0.3 is 19.3 Å². The van der Waals surface area contributed by atoms with Gasteiger partial charge in [-0.2, -0.15) is 0 Å². The van der Waals surface area contributed by atoms with Crippen molar-refractivity contribution < 1.29 is 19.3 Å². The second-order valence-electron chi connectivity index (χ2n) is 4.08. The van der Waals surface area contributed by atoms with Crippen LogP contribution < -0.4 is 14.2 Å². The first-order valence-corrected chi connectivity index (χ1v) is 5.70. The van der Waals surface area contributed by atoms with Gasteiger partial charge in [-0.3, -0.25) is 4.90 Å². The highest BCUT2D eigenvalue weighted by Gasteiger charge is 2.14. The molecule has 1 aromatic carbocycles. The van der Waals surface area contributed by atoms with E-state index in [9.17, 15) is 5.11 Å². The first-order valence-electron chi connectivity index (χ1n) is 5.70. The lowest BCUT2D eigenvalue weighted by Crippen LogP contribution is -2.27. The third-order valence-corrected chi connectivity index (χ3v) is 2.79. The summed E-state index contributed by atoms with van der Waals surface area (Å²) < 4.78 is 15.8. The maximum atomic E-state index is 9.47. The number of benzene rings is 1. The Bertz CT molecular complexity index is 368. The Morgan fingerprint density at radius 3 is 1.94 bits per heavy atom. The highest BCUT2D eigenvalue weighted by Crippen LogP contribution is 2.38. The Labute approximate surface area is 108 Å². The number of nitrogens with zero attached hydrogens (tertiary/aromatic N) is 1. The lowest BCUT2D eigenvalue weighted by Gasteiger charge is -2.21. The van der Waals surface area contributed by atoms with Crippen molar-refractivity contribution in [3.05, 3.63) is 17.7 Å². The molecule has 0 heterocycles. The molecule has 1 atom stereocenters. The van der Waals surface area contributed by atoms with E-state index in [1.807, 2.05) is 19.2 Å². The normalized spacial score (nSPS) is 12.4. The molecule has 18 heavy (non-hydrogen) atoms. The summed E-state index contributed by atoms with van der Waals surface area (Å²) in [5, 5.41) is 9.47. The van der Waals surface area contributed by atoms with Gasteiger partial charge in [-0.15, -0.1) is 0 Å². The van der Waals surface area contributed by atoms with Crippen LogP contribution in [0.25, 0.3) is 0 Å². The van der Waals surface area contributed by atoms with Crippen LogP contribution in [0.3, 0.4) is 0 Å². The largest absolute Gasteiger partial charge is 0.493 e. The van der Waals surface area contributed by atoms with Gasteiger partial charge in [0.2, 0.25) is 5.75 Å². The van der Waals surface area contributed by atoms with Crippen LogP contribution in [0.2, 0.25) is 0 Å². The van der Waals surface area contributed by atoms with Crippen LogP contribution in [0.1, 0.15) is 12.5 Å². The van der Waals surface area contributed by atoms with Crippen LogP contribution in [0, 0.1) is 0 Å². The van der Waals surface area contributed by atoms with Gasteiger partial charge in [-0.1, -0.05) is 0 Å². The van der Waals surface area contributed by atoms with Gasteiger partial charge in [0, 0.05) is 6.54 Å². The third kappa shape index (κ3) is 3.27. The van der Waals surface area contributed by atoms with Gasteiger partial charge in [0.05, 0.1) is 21.3 Å². The van der Waals surface area contributed by atoms with Crippen molar-refractivity contribution in [3.8, 4) is 17.2 Å². The second kappa shape index (κ2) is 6.47. The van der Waals surface area contributed by atoms with E-state index in [4.69, 9.17) is 14.2 Å². The SMILES string of the molecule is COc1cc(CN(C)C(C)O)cc(OC)c1OC. The van der Waals surface area contributed by atoms with Gasteiger partial charge >= 0.3 is 0 Å². The van der Waals surface area contributed by atoms with E-state index in [0.717, 1.165) is 5.56 Å². The summed E-state index contributed by atoms with van der Waals surface area (Å²) in [5.41, 5.74) is 0.980. The minimum absolute atomic E-state index is 0.510. The predicted octanol–water partition coefficient (Wildman–Crippen LogP) is 1.48. The smallest absolute Gasteiger partial charge is 0.203 e. The molecule has 0 aliphatic rings. The molecule has 0 amide bonds. The maximum absolute atomic E-state index is 9.47. The lowest BCUT2D eigenvalue weighted by atomic mass is 10.1. The highest BCUT2D eigenvalue weighted by atomic mass is 16.5. The molecule has 0 aliphatic carbocycles. The Morgan fingerprint density at radius 2 is 1.61 bits per heavy atom. The van der Waals surface area contributed by atoms with Gasteiger partial charge in [-0.05, 0) is 31.7 Å². The molecule has 1 N–H and O–H groups in total. The van der Waals surface area contributed by atoms with E-state index < -0.39 is 6.23 Å². The fraction of sp³-hybridized carbons (Fsp3) is 0.538. The molecule has 1 unspecified atom stereocenters. The number of hydrogen-bond donors (Lipinski definition) is 1. The molecular formula is C13H21NO4. The summed E-state index contributed by atoms with van der Waals surface area (Å²) in [6.07, 6.45) is -0.510. The van der Waals surface area contributed by atoms with Crippen LogP contribution >= 0.6 is 0 Å². The minimum atomic E-state index is -0.510. The van der Waals surface area contributed by atoms with Crippen molar-refractivity contribution in [1.29, 1.82) is 0 Å². The van der Waals surface area contributed by atoms with Crippen molar-refractivity contribution in [2.45, 2.75) is 19.7 Å². The molecule has 0 aromatic heterocycles. The molecule has 1 rings (SSSR count). The first kappa shape index (κ1) is 14.6. The zero-order chi connectivity index (χ0) is 13.7. The van der Waals surface area contributed by atoms with Crippen LogP contribution in [0.4, 0.5) is 0 Å². The van der Waals surface area contributed by atoms with Crippen LogP contribution in [0.5, 0.6) is 17.2 Å². The van der Waals surface area contributed by atoms with Crippen molar-refractivity contribution in [1.82, 2.24) is 4.90 Å². The summed E-state index contributed by atoms with van der Waals surface area (Å²) in [6.45, 7) is 2.31. The van der Waals surface area contributed by atoms with Gasteiger partial charge in [0.25, 0.3) is 0 Å². The van der Waals surface area contributed by atoms with E-state index in [-0.39, 0.29) is 0 Å². The molecule has 0 fully saturated rings. The molecule has 0 aliphatic heterocycles. The van der Waals surface area contributed by atoms with Gasteiger partial charge in [-0.25, -0.2) is 0 Å². The molecule has 0 spiro atoms. The molecule has 0 saturated heterocycles. The van der Waals surface area contributed by atoms with E-state index in [0.29, 0.717) is 23.8 Å². The molecule has 0 bridgehead atoms. The highest BCUT2D eigenvalue weighted by molar-refractivity contribution is 5.53. The Balaban J connectivity index is 3.07. The molecule has 5 nitrogen and oxygen atoms in total. The number of hydrogen-bond acceptors (Lipinski definition) is 5. The van der Waals surface area contributed by atoms with Crippen LogP contribution in [-0.4, -0.2) is 44.6 Å². The minimum Gasteiger partial charge on any atom is -0.493 e. The quantitative estimate of drug-likeness (QED) is 0.780. The summed E-state index contributed by atoms with van der Waals surface area (Å²) >= 11 is 0. The van der Waals surface area contributed by atoms with Crippen molar-refractivity contribution >= 4 is 0 Å². The van der Waals surface area contributed by atoms with Crippen LogP contribution in [-0.2, 0) is 6.54 Å². The van der Waals surface area contributed by atoms with Gasteiger partial charge in [0.1, 0.15) is 6.23 Å². The topological polar surface area (TPSA) is 51.2 Å². The molecule has 102 valence electrons. The maximum Gasteiger partial charge on any atom is 0.203 e. The van der Waals surface area contributed by atoms with Crippen molar-refractivity contribution in [2.75, 3.05) is 28.4 Å². The fourth-order valence-electron chi connectivity index (χ4n) is 1.65. The number of aliphatic hydroxyl groups is 1. The first-order chi connectivity index (χ1) is 8.53. The lowest BCUT2D eigenvalue weighted by molar-refractivity contribution is 0.0328. The Morgan fingerprint density at radius 1 is 1.11 bits per heavy atom. The second-order valence-corrected chi connectivity index (χ2v) is 4.08.